The molecule has 0 aliphatic carbocycles. The summed E-state index contributed by atoms with van der Waals surface area (Å²) < 4.78 is 9.70. The molecular weight excluding hydrogens is 220 g/mol. The quantitative estimate of drug-likeness (QED) is 0.727. The Morgan fingerprint density at radius 3 is 2.53 bits per heavy atom. The summed E-state index contributed by atoms with van der Waals surface area (Å²) in [5.74, 6) is 1.14. The predicted octanol–water partition coefficient (Wildman–Crippen LogP) is 1.48. The Morgan fingerprint density at radius 1 is 1.41 bits per heavy atom. The highest BCUT2D eigenvalue weighted by atomic mass is 16.5. The van der Waals surface area contributed by atoms with Gasteiger partial charge in [-0.2, -0.15) is 0 Å². The Hall–Kier alpha value is -1.78. The Morgan fingerprint density at radius 2 is 2.12 bits per heavy atom. The molecule has 5 heteroatoms. The molecule has 5 nitrogen and oxygen atoms in total. The van der Waals surface area contributed by atoms with Crippen LogP contribution in [-0.2, 0) is 9.53 Å². The molecule has 17 heavy (non-hydrogen) atoms. The van der Waals surface area contributed by atoms with Crippen LogP contribution < -0.4 is 9.64 Å². The van der Waals surface area contributed by atoms with Crippen molar-refractivity contribution in [3.63, 3.8) is 0 Å². The van der Waals surface area contributed by atoms with Gasteiger partial charge in [0.25, 0.3) is 0 Å². The number of anilines is 1. The zero-order valence-electron chi connectivity index (χ0n) is 10.6. The van der Waals surface area contributed by atoms with Crippen LogP contribution in [0, 0.1) is 0 Å². The number of rotatable bonds is 5. The third-order valence-corrected chi connectivity index (χ3v) is 2.40. The maximum Gasteiger partial charge on any atom is 0.325 e. The molecule has 0 aliphatic heterocycles. The number of carbonyl (C=O) groups is 1. The van der Waals surface area contributed by atoms with E-state index in [-0.39, 0.29) is 18.6 Å². The predicted molar refractivity (Wildman–Crippen MR) is 65.3 cm³/mol. The summed E-state index contributed by atoms with van der Waals surface area (Å²) in [6.07, 6.45) is 1.63. The van der Waals surface area contributed by atoms with Crippen molar-refractivity contribution in [3.8, 4) is 5.75 Å². The molecular formula is C12H18N2O3. The zero-order chi connectivity index (χ0) is 12.8. The lowest BCUT2D eigenvalue weighted by Crippen LogP contribution is -2.36. The first-order valence-electron chi connectivity index (χ1n) is 5.42. The molecule has 0 fully saturated rings. The minimum absolute atomic E-state index is 0.162. The summed E-state index contributed by atoms with van der Waals surface area (Å²) in [4.78, 5) is 17.4. The maximum absolute atomic E-state index is 11.3. The molecule has 1 aromatic heterocycles. The SMILES string of the molecule is COC(=O)CN(c1ccc(OC)cn1)C(C)C. The minimum Gasteiger partial charge on any atom is -0.495 e. The smallest absolute Gasteiger partial charge is 0.325 e. The lowest BCUT2D eigenvalue weighted by Gasteiger charge is -2.26. The van der Waals surface area contributed by atoms with Crippen molar-refractivity contribution in [1.29, 1.82) is 0 Å². The van der Waals surface area contributed by atoms with E-state index in [9.17, 15) is 4.79 Å². The fourth-order valence-corrected chi connectivity index (χ4v) is 1.39. The Bertz CT molecular complexity index is 363. The molecule has 94 valence electrons. The molecule has 0 saturated heterocycles. The van der Waals surface area contributed by atoms with Gasteiger partial charge in [-0.1, -0.05) is 0 Å². The van der Waals surface area contributed by atoms with Crippen LogP contribution in [0.1, 0.15) is 13.8 Å². The number of pyridine rings is 1. The Balaban J connectivity index is 2.85. The number of methoxy groups -OCH3 is 2. The van der Waals surface area contributed by atoms with E-state index in [1.165, 1.54) is 7.11 Å². The van der Waals surface area contributed by atoms with Crippen molar-refractivity contribution in [2.24, 2.45) is 0 Å². The van der Waals surface area contributed by atoms with Gasteiger partial charge in [0.15, 0.2) is 0 Å². The van der Waals surface area contributed by atoms with Gasteiger partial charge < -0.3 is 14.4 Å². The normalized spacial score (nSPS) is 10.2. The number of nitrogens with zero attached hydrogens (tertiary/aromatic N) is 2. The van der Waals surface area contributed by atoms with Crippen LogP contribution >= 0.6 is 0 Å². The van der Waals surface area contributed by atoms with E-state index < -0.39 is 0 Å². The molecule has 0 atom stereocenters. The van der Waals surface area contributed by atoms with E-state index in [1.807, 2.05) is 30.9 Å². The lowest BCUT2D eigenvalue weighted by molar-refractivity contribution is -0.139. The number of hydrogen-bond donors (Lipinski definition) is 0. The van der Waals surface area contributed by atoms with Crippen LogP contribution in [0.3, 0.4) is 0 Å². The summed E-state index contributed by atoms with van der Waals surface area (Å²) in [6.45, 7) is 4.18. The van der Waals surface area contributed by atoms with Crippen LogP contribution in [-0.4, -0.2) is 37.8 Å². The number of aromatic nitrogens is 1. The number of esters is 1. The lowest BCUT2D eigenvalue weighted by atomic mass is 10.3. The van der Waals surface area contributed by atoms with E-state index in [1.54, 1.807) is 13.3 Å². The summed E-state index contributed by atoms with van der Waals surface area (Å²) in [5, 5.41) is 0. The third-order valence-electron chi connectivity index (χ3n) is 2.40. The second-order valence-corrected chi connectivity index (χ2v) is 3.85. The molecule has 1 aromatic rings. The van der Waals surface area contributed by atoms with Crippen molar-refractivity contribution in [3.05, 3.63) is 18.3 Å². The summed E-state index contributed by atoms with van der Waals surface area (Å²) in [6, 6.07) is 3.80. The van der Waals surface area contributed by atoms with E-state index in [0.29, 0.717) is 5.75 Å². The van der Waals surface area contributed by atoms with Crippen molar-refractivity contribution < 1.29 is 14.3 Å². The fraction of sp³-hybridized carbons (Fsp3) is 0.500. The number of ether oxygens (including phenoxy) is 2. The van der Waals surface area contributed by atoms with Crippen LogP contribution in [0.5, 0.6) is 5.75 Å². The monoisotopic (exact) mass is 238 g/mol. The van der Waals surface area contributed by atoms with Gasteiger partial charge >= 0.3 is 5.97 Å². The Kier molecular flexibility index (Phi) is 4.75. The summed E-state index contributed by atoms with van der Waals surface area (Å²) in [7, 11) is 2.97. The molecule has 0 spiro atoms. The molecule has 0 bridgehead atoms. The zero-order valence-corrected chi connectivity index (χ0v) is 10.6. The van der Waals surface area contributed by atoms with Crippen molar-refractivity contribution in [1.82, 2.24) is 4.98 Å². The van der Waals surface area contributed by atoms with Gasteiger partial charge in [0.2, 0.25) is 0 Å². The highest BCUT2D eigenvalue weighted by Gasteiger charge is 2.16. The molecule has 1 rings (SSSR count). The molecule has 0 aromatic carbocycles. The van der Waals surface area contributed by atoms with E-state index >= 15 is 0 Å². The molecule has 1 heterocycles. The van der Waals surface area contributed by atoms with Crippen LogP contribution in [0.15, 0.2) is 18.3 Å². The molecule has 0 aliphatic rings. The molecule has 0 unspecified atom stereocenters. The van der Waals surface area contributed by atoms with Crippen molar-refractivity contribution >= 4 is 11.8 Å². The first kappa shape index (κ1) is 13.3. The third kappa shape index (κ3) is 3.62. The van der Waals surface area contributed by atoms with E-state index in [0.717, 1.165) is 5.82 Å². The largest absolute Gasteiger partial charge is 0.495 e. The Labute approximate surface area is 101 Å². The molecule has 0 radical (unpaired) electrons. The first-order valence-corrected chi connectivity index (χ1v) is 5.42. The number of hydrogen-bond acceptors (Lipinski definition) is 5. The van der Waals surface area contributed by atoms with Gasteiger partial charge in [-0.15, -0.1) is 0 Å². The van der Waals surface area contributed by atoms with Crippen LogP contribution in [0.4, 0.5) is 5.82 Å². The highest BCUT2D eigenvalue weighted by Crippen LogP contribution is 2.17. The maximum atomic E-state index is 11.3. The van der Waals surface area contributed by atoms with E-state index in [2.05, 4.69) is 9.72 Å². The summed E-state index contributed by atoms with van der Waals surface area (Å²) in [5.41, 5.74) is 0. The van der Waals surface area contributed by atoms with Crippen molar-refractivity contribution in [2.45, 2.75) is 19.9 Å². The topological polar surface area (TPSA) is 51.7 Å². The summed E-state index contributed by atoms with van der Waals surface area (Å²) >= 11 is 0. The van der Waals surface area contributed by atoms with Gasteiger partial charge in [0.05, 0.1) is 20.4 Å². The highest BCUT2D eigenvalue weighted by molar-refractivity contribution is 5.75. The van der Waals surface area contributed by atoms with Gasteiger partial charge in [-0.05, 0) is 26.0 Å². The van der Waals surface area contributed by atoms with E-state index in [4.69, 9.17) is 4.74 Å². The average molecular weight is 238 g/mol. The van der Waals surface area contributed by atoms with Crippen molar-refractivity contribution in [2.75, 3.05) is 25.7 Å². The van der Waals surface area contributed by atoms with Gasteiger partial charge in [-0.25, -0.2) is 4.98 Å². The minimum atomic E-state index is -0.281. The van der Waals surface area contributed by atoms with Crippen LogP contribution in [0.25, 0.3) is 0 Å². The van der Waals surface area contributed by atoms with Gasteiger partial charge in [-0.3, -0.25) is 4.79 Å². The van der Waals surface area contributed by atoms with Crippen LogP contribution in [0.2, 0.25) is 0 Å². The first-order chi connectivity index (χ1) is 8.08. The molecule has 0 N–H and O–H groups in total. The second-order valence-electron chi connectivity index (χ2n) is 3.85. The van der Waals surface area contributed by atoms with Gasteiger partial charge in [0, 0.05) is 6.04 Å². The van der Waals surface area contributed by atoms with Gasteiger partial charge in [0.1, 0.15) is 18.1 Å². The molecule has 0 amide bonds. The fourth-order valence-electron chi connectivity index (χ4n) is 1.39. The average Bonchev–Trinajstić information content (AvgIpc) is 2.35. The second kappa shape index (κ2) is 6.08. The molecule has 0 saturated carbocycles. The number of carbonyl (C=O) groups excluding carboxylic acids is 1. The standard InChI is InChI=1S/C12H18N2O3/c1-9(2)14(8-12(15)17-4)11-6-5-10(16-3)7-13-11/h5-7,9H,8H2,1-4H3.